The van der Waals surface area contributed by atoms with Crippen LogP contribution in [-0.2, 0) is 6.54 Å². The van der Waals surface area contributed by atoms with Gasteiger partial charge in [-0.05, 0) is 40.4 Å². The first-order valence-corrected chi connectivity index (χ1v) is 8.22. The van der Waals surface area contributed by atoms with Crippen LogP contribution in [0.15, 0.2) is 53.3 Å². The second kappa shape index (κ2) is 7.05. The predicted molar refractivity (Wildman–Crippen MR) is 90.3 cm³/mol. The van der Waals surface area contributed by atoms with Crippen LogP contribution in [0, 0.1) is 0 Å². The Labute approximate surface area is 134 Å². The molecular weight excluding hydrogens is 326 g/mol. The number of nitrogens with one attached hydrogen (secondary N) is 1. The highest BCUT2D eigenvalue weighted by Gasteiger charge is 2.19. The molecule has 1 aliphatic heterocycles. The van der Waals surface area contributed by atoms with Crippen LogP contribution in [0.3, 0.4) is 0 Å². The third-order valence-corrected chi connectivity index (χ3v) is 4.35. The average Bonchev–Trinajstić information content (AvgIpc) is 2.50. The van der Waals surface area contributed by atoms with Crippen LogP contribution < -0.4 is 5.32 Å². The number of pyridine rings is 1. The minimum Gasteiger partial charge on any atom is -0.381 e. The summed E-state index contributed by atoms with van der Waals surface area (Å²) >= 11 is 3.46. The summed E-state index contributed by atoms with van der Waals surface area (Å²) in [5.41, 5.74) is 2.51. The zero-order valence-electron chi connectivity index (χ0n) is 12.0. The van der Waals surface area contributed by atoms with Gasteiger partial charge < -0.3 is 5.32 Å². The van der Waals surface area contributed by atoms with E-state index in [1.54, 1.807) is 0 Å². The molecule has 2 heterocycles. The van der Waals surface area contributed by atoms with E-state index < -0.39 is 0 Å². The van der Waals surface area contributed by atoms with Crippen LogP contribution in [0.2, 0.25) is 0 Å². The van der Waals surface area contributed by atoms with Gasteiger partial charge in [-0.25, -0.2) is 0 Å². The molecule has 0 aliphatic carbocycles. The number of hydrogen-bond donors (Lipinski definition) is 1. The van der Waals surface area contributed by atoms with Crippen molar-refractivity contribution >= 4 is 21.6 Å². The zero-order valence-corrected chi connectivity index (χ0v) is 13.6. The molecule has 110 valence electrons. The van der Waals surface area contributed by atoms with Crippen molar-refractivity contribution in [2.24, 2.45) is 0 Å². The summed E-state index contributed by atoms with van der Waals surface area (Å²) in [6, 6.07) is 13.4. The second-order valence-corrected chi connectivity index (χ2v) is 6.49. The van der Waals surface area contributed by atoms with Crippen molar-refractivity contribution in [3.05, 3.63) is 58.8 Å². The van der Waals surface area contributed by atoms with Gasteiger partial charge in [0.15, 0.2) is 0 Å². The van der Waals surface area contributed by atoms with E-state index in [9.17, 15) is 0 Å². The maximum absolute atomic E-state index is 4.20. The number of hydrogen-bond acceptors (Lipinski definition) is 3. The topological polar surface area (TPSA) is 28.2 Å². The molecule has 1 fully saturated rings. The van der Waals surface area contributed by atoms with Crippen molar-refractivity contribution in [1.29, 1.82) is 0 Å². The summed E-state index contributed by atoms with van der Waals surface area (Å²) in [6.45, 7) is 3.36. The number of anilines is 1. The highest BCUT2D eigenvalue weighted by Crippen LogP contribution is 2.19. The molecular formula is C17H20BrN3. The molecule has 0 radical (unpaired) electrons. The number of halogens is 1. The molecule has 0 unspecified atom stereocenters. The summed E-state index contributed by atoms with van der Waals surface area (Å²) in [5.74, 6) is 0. The van der Waals surface area contributed by atoms with Crippen LogP contribution in [0.4, 0.5) is 5.69 Å². The van der Waals surface area contributed by atoms with Crippen LogP contribution in [0.25, 0.3) is 0 Å². The quantitative estimate of drug-likeness (QED) is 0.910. The second-order valence-electron chi connectivity index (χ2n) is 5.57. The van der Waals surface area contributed by atoms with Gasteiger partial charge >= 0.3 is 0 Å². The van der Waals surface area contributed by atoms with E-state index >= 15 is 0 Å². The molecule has 0 amide bonds. The number of likely N-dealkylation sites (tertiary alicyclic amines) is 1. The molecule has 1 aliphatic rings. The van der Waals surface area contributed by atoms with Crippen molar-refractivity contribution in [3.63, 3.8) is 0 Å². The highest BCUT2D eigenvalue weighted by molar-refractivity contribution is 9.10. The van der Waals surface area contributed by atoms with Crippen LogP contribution in [-0.4, -0.2) is 29.0 Å². The number of nitrogens with zero attached hydrogens (tertiary/aromatic N) is 2. The van der Waals surface area contributed by atoms with E-state index in [4.69, 9.17) is 0 Å². The van der Waals surface area contributed by atoms with E-state index in [2.05, 4.69) is 67.5 Å². The van der Waals surface area contributed by atoms with Crippen molar-refractivity contribution in [1.82, 2.24) is 9.88 Å². The Kier molecular flexibility index (Phi) is 4.88. The summed E-state index contributed by atoms with van der Waals surface area (Å²) in [6.07, 6.45) is 6.06. The van der Waals surface area contributed by atoms with Gasteiger partial charge in [-0.3, -0.25) is 9.88 Å². The molecule has 3 rings (SSSR count). The Morgan fingerprint density at radius 1 is 1.14 bits per heavy atom. The van der Waals surface area contributed by atoms with Gasteiger partial charge in [0, 0.05) is 36.3 Å². The molecule has 0 bridgehead atoms. The number of piperidine rings is 1. The minimum absolute atomic E-state index is 0.549. The van der Waals surface area contributed by atoms with Gasteiger partial charge in [0.2, 0.25) is 0 Å². The molecule has 0 atom stereocenters. The summed E-state index contributed by atoms with van der Waals surface area (Å²) in [7, 11) is 0. The monoisotopic (exact) mass is 345 g/mol. The van der Waals surface area contributed by atoms with Crippen molar-refractivity contribution < 1.29 is 0 Å². The lowest BCUT2D eigenvalue weighted by Gasteiger charge is -2.32. The average molecular weight is 346 g/mol. The lowest BCUT2D eigenvalue weighted by Crippen LogP contribution is -2.38. The Bertz CT molecular complexity index is 565. The molecule has 0 saturated carbocycles. The molecule has 4 heteroatoms. The molecule has 1 N–H and O–H groups in total. The first-order valence-electron chi connectivity index (χ1n) is 7.43. The first kappa shape index (κ1) is 14.5. The molecule has 1 aromatic carbocycles. The molecule has 1 saturated heterocycles. The van der Waals surface area contributed by atoms with Crippen LogP contribution in [0.1, 0.15) is 18.4 Å². The van der Waals surface area contributed by atoms with Gasteiger partial charge in [0.1, 0.15) is 0 Å². The van der Waals surface area contributed by atoms with Crippen molar-refractivity contribution in [2.45, 2.75) is 25.4 Å². The third kappa shape index (κ3) is 4.29. The van der Waals surface area contributed by atoms with E-state index in [0.29, 0.717) is 6.04 Å². The fourth-order valence-corrected chi connectivity index (χ4v) is 3.17. The van der Waals surface area contributed by atoms with Crippen LogP contribution in [0.5, 0.6) is 0 Å². The summed E-state index contributed by atoms with van der Waals surface area (Å²) < 4.78 is 1.02. The lowest BCUT2D eigenvalue weighted by molar-refractivity contribution is 0.211. The van der Waals surface area contributed by atoms with E-state index in [0.717, 1.165) is 29.8 Å². The predicted octanol–water partition coefficient (Wildman–Crippen LogP) is 3.92. The van der Waals surface area contributed by atoms with E-state index in [1.165, 1.54) is 18.4 Å². The molecule has 0 spiro atoms. The van der Waals surface area contributed by atoms with Gasteiger partial charge in [-0.2, -0.15) is 0 Å². The van der Waals surface area contributed by atoms with Gasteiger partial charge in [-0.15, -0.1) is 0 Å². The van der Waals surface area contributed by atoms with Gasteiger partial charge in [0.05, 0.1) is 11.9 Å². The molecule has 3 nitrogen and oxygen atoms in total. The SMILES string of the molecule is Brc1cncc(NC2CCN(Cc3ccccc3)CC2)c1. The Morgan fingerprint density at radius 3 is 2.62 bits per heavy atom. The largest absolute Gasteiger partial charge is 0.381 e. The smallest absolute Gasteiger partial charge is 0.0540 e. The third-order valence-electron chi connectivity index (χ3n) is 3.91. The highest BCUT2D eigenvalue weighted by atomic mass is 79.9. The standard InChI is InChI=1S/C17H20BrN3/c18-15-10-17(12-19-11-15)20-16-6-8-21(9-7-16)13-14-4-2-1-3-5-14/h1-5,10-12,16,20H,6-9,13H2. The number of aromatic nitrogens is 1. The van der Waals surface area contributed by atoms with Gasteiger partial charge in [-0.1, -0.05) is 30.3 Å². The molecule has 1 aromatic heterocycles. The fraction of sp³-hybridized carbons (Fsp3) is 0.353. The maximum Gasteiger partial charge on any atom is 0.0540 e. The van der Waals surface area contributed by atoms with Crippen molar-refractivity contribution in [3.8, 4) is 0 Å². The maximum atomic E-state index is 4.20. The summed E-state index contributed by atoms with van der Waals surface area (Å²) in [4.78, 5) is 6.74. The summed E-state index contributed by atoms with van der Waals surface area (Å²) in [5, 5.41) is 3.59. The number of benzene rings is 1. The van der Waals surface area contributed by atoms with E-state index in [-0.39, 0.29) is 0 Å². The Morgan fingerprint density at radius 2 is 1.90 bits per heavy atom. The Hall–Kier alpha value is -1.39. The van der Waals surface area contributed by atoms with Gasteiger partial charge in [0.25, 0.3) is 0 Å². The fourth-order valence-electron chi connectivity index (χ4n) is 2.80. The van der Waals surface area contributed by atoms with E-state index in [1.807, 2.05) is 12.4 Å². The molecule has 2 aromatic rings. The van der Waals surface area contributed by atoms with Crippen molar-refractivity contribution in [2.75, 3.05) is 18.4 Å². The number of rotatable bonds is 4. The Balaban J connectivity index is 1.49. The lowest BCUT2D eigenvalue weighted by atomic mass is 10.0. The minimum atomic E-state index is 0.549. The zero-order chi connectivity index (χ0) is 14.5. The first-order chi connectivity index (χ1) is 10.3. The normalized spacial score (nSPS) is 16.8. The molecule has 21 heavy (non-hydrogen) atoms. The van der Waals surface area contributed by atoms with Crippen LogP contribution >= 0.6 is 15.9 Å².